The first kappa shape index (κ1) is 13.3. The summed E-state index contributed by atoms with van der Waals surface area (Å²) in [6, 6.07) is 2.02. The van der Waals surface area contributed by atoms with Crippen molar-refractivity contribution in [2.45, 2.75) is 26.2 Å². The van der Waals surface area contributed by atoms with Crippen LogP contribution >= 0.6 is 0 Å². The lowest BCUT2D eigenvalue weighted by Crippen LogP contribution is -2.11. The second kappa shape index (κ2) is 6.17. The van der Waals surface area contributed by atoms with E-state index >= 15 is 0 Å². The van der Waals surface area contributed by atoms with Gasteiger partial charge < -0.3 is 11.1 Å². The van der Waals surface area contributed by atoms with E-state index in [9.17, 15) is 0 Å². The molecule has 0 aliphatic rings. The van der Waals surface area contributed by atoms with Crippen LogP contribution in [0.1, 0.15) is 24.6 Å². The van der Waals surface area contributed by atoms with Gasteiger partial charge in [0.2, 0.25) is 0 Å². The quantitative estimate of drug-likeness (QED) is 0.820. The predicted molar refractivity (Wildman–Crippen MR) is 75.8 cm³/mol. The van der Waals surface area contributed by atoms with Gasteiger partial charge in [0.05, 0.1) is 5.69 Å². The van der Waals surface area contributed by atoms with Gasteiger partial charge in [0.25, 0.3) is 0 Å². The van der Waals surface area contributed by atoms with Crippen LogP contribution in [0.5, 0.6) is 0 Å². The van der Waals surface area contributed by atoms with Crippen molar-refractivity contribution < 1.29 is 0 Å². The minimum atomic E-state index is 0.567. The van der Waals surface area contributed by atoms with Gasteiger partial charge in [-0.15, -0.1) is 0 Å². The van der Waals surface area contributed by atoms with E-state index in [0.29, 0.717) is 5.82 Å². The molecule has 3 N–H and O–H groups in total. The molecule has 0 saturated carbocycles. The molecule has 0 unspecified atom stereocenters. The molecule has 0 spiro atoms. The van der Waals surface area contributed by atoms with Crippen LogP contribution in [-0.4, -0.2) is 26.3 Å². The second-order valence-corrected chi connectivity index (χ2v) is 4.49. The van der Waals surface area contributed by atoms with Crippen molar-refractivity contribution in [3.8, 4) is 0 Å². The van der Waals surface area contributed by atoms with E-state index in [1.54, 1.807) is 4.68 Å². The molecular formula is C13H20N6. The fourth-order valence-corrected chi connectivity index (χ4v) is 1.98. The third-order valence-corrected chi connectivity index (χ3v) is 2.92. The molecule has 2 heterocycles. The van der Waals surface area contributed by atoms with Crippen molar-refractivity contribution in [3.05, 3.63) is 29.8 Å². The number of rotatable bonds is 6. The van der Waals surface area contributed by atoms with Gasteiger partial charge >= 0.3 is 0 Å². The van der Waals surface area contributed by atoms with Crippen molar-refractivity contribution in [2.24, 2.45) is 7.05 Å². The average molecular weight is 260 g/mol. The SMILES string of the molecule is CCCc1c(N)ncnc1NCCc1ccn(C)n1. The van der Waals surface area contributed by atoms with E-state index in [1.807, 2.05) is 19.3 Å². The van der Waals surface area contributed by atoms with Crippen LogP contribution < -0.4 is 11.1 Å². The lowest BCUT2D eigenvalue weighted by Gasteiger charge is -2.11. The van der Waals surface area contributed by atoms with Gasteiger partial charge in [-0.05, 0) is 12.5 Å². The number of hydrogen-bond donors (Lipinski definition) is 2. The van der Waals surface area contributed by atoms with Crippen molar-refractivity contribution in [1.29, 1.82) is 0 Å². The molecule has 0 bridgehead atoms. The van der Waals surface area contributed by atoms with E-state index in [0.717, 1.165) is 42.9 Å². The lowest BCUT2D eigenvalue weighted by atomic mass is 10.1. The minimum Gasteiger partial charge on any atom is -0.383 e. The van der Waals surface area contributed by atoms with Crippen LogP contribution in [-0.2, 0) is 19.9 Å². The largest absolute Gasteiger partial charge is 0.383 e. The fourth-order valence-electron chi connectivity index (χ4n) is 1.98. The highest BCUT2D eigenvalue weighted by atomic mass is 15.2. The molecule has 19 heavy (non-hydrogen) atoms. The number of aromatic nitrogens is 4. The molecule has 0 atom stereocenters. The van der Waals surface area contributed by atoms with Crippen molar-refractivity contribution in [2.75, 3.05) is 17.6 Å². The number of nitrogens with two attached hydrogens (primary N) is 1. The summed E-state index contributed by atoms with van der Waals surface area (Å²) in [6.07, 6.45) is 6.21. The van der Waals surface area contributed by atoms with Gasteiger partial charge in [0.1, 0.15) is 18.0 Å². The molecular weight excluding hydrogens is 240 g/mol. The summed E-state index contributed by atoms with van der Waals surface area (Å²) in [6.45, 7) is 2.90. The topological polar surface area (TPSA) is 81.6 Å². The zero-order valence-electron chi connectivity index (χ0n) is 11.4. The highest BCUT2D eigenvalue weighted by Crippen LogP contribution is 2.18. The maximum Gasteiger partial charge on any atom is 0.134 e. The average Bonchev–Trinajstić information content (AvgIpc) is 2.79. The molecule has 2 rings (SSSR count). The Kier molecular flexibility index (Phi) is 4.33. The molecule has 0 amide bonds. The molecule has 0 fully saturated rings. The van der Waals surface area contributed by atoms with Crippen LogP contribution in [0, 0.1) is 0 Å². The van der Waals surface area contributed by atoms with E-state index < -0.39 is 0 Å². The number of aryl methyl sites for hydroxylation is 1. The zero-order chi connectivity index (χ0) is 13.7. The van der Waals surface area contributed by atoms with Gasteiger partial charge in [-0.3, -0.25) is 4.68 Å². The van der Waals surface area contributed by atoms with E-state index in [1.165, 1.54) is 6.33 Å². The van der Waals surface area contributed by atoms with E-state index in [4.69, 9.17) is 5.73 Å². The predicted octanol–water partition coefficient (Wildman–Crippen LogP) is 1.40. The van der Waals surface area contributed by atoms with Crippen LogP contribution in [0.25, 0.3) is 0 Å². The van der Waals surface area contributed by atoms with Crippen LogP contribution in [0.2, 0.25) is 0 Å². The molecule has 0 aromatic carbocycles. The number of hydrogen-bond acceptors (Lipinski definition) is 5. The highest BCUT2D eigenvalue weighted by molar-refractivity contribution is 5.54. The van der Waals surface area contributed by atoms with Gasteiger partial charge in [0.15, 0.2) is 0 Å². The number of anilines is 2. The molecule has 0 radical (unpaired) electrons. The summed E-state index contributed by atoms with van der Waals surface area (Å²) < 4.78 is 1.81. The van der Waals surface area contributed by atoms with Crippen LogP contribution in [0.3, 0.4) is 0 Å². The Labute approximate surface area is 113 Å². The third kappa shape index (κ3) is 3.43. The summed E-state index contributed by atoms with van der Waals surface area (Å²) >= 11 is 0. The first-order valence-electron chi connectivity index (χ1n) is 6.52. The summed E-state index contributed by atoms with van der Waals surface area (Å²) in [5.41, 5.74) is 7.96. The smallest absolute Gasteiger partial charge is 0.134 e. The van der Waals surface area contributed by atoms with Gasteiger partial charge in [0, 0.05) is 31.8 Å². The van der Waals surface area contributed by atoms with Gasteiger partial charge in [-0.2, -0.15) is 5.10 Å². The van der Waals surface area contributed by atoms with Crippen LogP contribution in [0.4, 0.5) is 11.6 Å². The summed E-state index contributed by atoms with van der Waals surface area (Å²) in [4.78, 5) is 8.31. The van der Waals surface area contributed by atoms with Crippen molar-refractivity contribution in [3.63, 3.8) is 0 Å². The molecule has 102 valence electrons. The molecule has 0 aliphatic carbocycles. The minimum absolute atomic E-state index is 0.567. The van der Waals surface area contributed by atoms with Crippen molar-refractivity contribution >= 4 is 11.6 Å². The Hall–Kier alpha value is -2.11. The van der Waals surface area contributed by atoms with E-state index in [2.05, 4.69) is 27.3 Å². The van der Waals surface area contributed by atoms with Gasteiger partial charge in [-0.25, -0.2) is 9.97 Å². The normalized spacial score (nSPS) is 10.6. The Morgan fingerprint density at radius 3 is 2.84 bits per heavy atom. The molecule has 0 saturated heterocycles. The standard InChI is InChI=1S/C13H20N6/c1-3-4-11-12(14)16-9-17-13(11)15-7-5-10-6-8-19(2)18-10/h6,8-9H,3-5,7H2,1-2H3,(H3,14,15,16,17). The third-order valence-electron chi connectivity index (χ3n) is 2.92. The van der Waals surface area contributed by atoms with Crippen LogP contribution in [0.15, 0.2) is 18.6 Å². The maximum atomic E-state index is 5.89. The molecule has 2 aromatic rings. The Balaban J connectivity index is 1.97. The number of nitrogens with one attached hydrogen (secondary N) is 1. The van der Waals surface area contributed by atoms with Crippen molar-refractivity contribution in [1.82, 2.24) is 19.7 Å². The Bertz CT molecular complexity index is 534. The summed E-state index contributed by atoms with van der Waals surface area (Å²) in [7, 11) is 1.92. The first-order valence-corrected chi connectivity index (χ1v) is 6.52. The number of nitrogen functional groups attached to an aromatic ring is 1. The monoisotopic (exact) mass is 260 g/mol. The molecule has 2 aromatic heterocycles. The molecule has 6 nitrogen and oxygen atoms in total. The lowest BCUT2D eigenvalue weighted by molar-refractivity contribution is 0.741. The van der Waals surface area contributed by atoms with Gasteiger partial charge in [-0.1, -0.05) is 13.3 Å². The second-order valence-electron chi connectivity index (χ2n) is 4.49. The highest BCUT2D eigenvalue weighted by Gasteiger charge is 2.08. The Morgan fingerprint density at radius 1 is 1.32 bits per heavy atom. The maximum absolute atomic E-state index is 5.89. The molecule has 6 heteroatoms. The fraction of sp³-hybridized carbons (Fsp3) is 0.462. The van der Waals surface area contributed by atoms with E-state index in [-0.39, 0.29) is 0 Å². The zero-order valence-corrected chi connectivity index (χ0v) is 11.4. The first-order chi connectivity index (χ1) is 9.20. The summed E-state index contributed by atoms with van der Waals surface area (Å²) in [5.74, 6) is 1.41. The Morgan fingerprint density at radius 2 is 2.16 bits per heavy atom. The molecule has 0 aliphatic heterocycles. The summed E-state index contributed by atoms with van der Waals surface area (Å²) in [5, 5.41) is 7.65. The number of nitrogens with zero attached hydrogens (tertiary/aromatic N) is 4.